The van der Waals surface area contributed by atoms with Crippen molar-refractivity contribution in [2.75, 3.05) is 29.9 Å². The van der Waals surface area contributed by atoms with E-state index in [0.717, 1.165) is 35.0 Å². The lowest BCUT2D eigenvalue weighted by Crippen LogP contribution is -2.49. The van der Waals surface area contributed by atoms with Gasteiger partial charge in [-0.25, -0.2) is 17.4 Å². The fraction of sp³-hybridized carbons (Fsp3) is 0.217. The van der Waals surface area contributed by atoms with Crippen LogP contribution in [0, 0.1) is 0 Å². The molecule has 4 aromatic rings. The molecule has 5 rings (SSSR count). The van der Waals surface area contributed by atoms with E-state index in [-0.39, 0.29) is 15.6 Å². The Balaban J connectivity index is 1.42. The molecule has 1 aliphatic rings. The van der Waals surface area contributed by atoms with Crippen molar-refractivity contribution >= 4 is 50.0 Å². The third-order valence-electron chi connectivity index (χ3n) is 5.63. The van der Waals surface area contributed by atoms with Gasteiger partial charge in [0, 0.05) is 54.8 Å². The highest BCUT2D eigenvalue weighted by atomic mass is 35.5. The fourth-order valence-electron chi connectivity index (χ4n) is 3.96. The lowest BCUT2D eigenvalue weighted by Gasteiger charge is -2.33. The molecule has 0 unspecified atom stereocenters. The van der Waals surface area contributed by atoms with E-state index >= 15 is 0 Å². The van der Waals surface area contributed by atoms with Crippen molar-refractivity contribution < 1.29 is 8.42 Å². The third kappa shape index (κ3) is 4.27. The largest absolute Gasteiger partial charge is 0.369 e. The molecular formula is C23H23ClN6O2S. The molecular weight excluding hydrogens is 460 g/mol. The molecule has 1 saturated heterocycles. The number of hydrogen-bond acceptors (Lipinski definition) is 7. The van der Waals surface area contributed by atoms with E-state index in [1.807, 2.05) is 12.1 Å². The van der Waals surface area contributed by atoms with Crippen LogP contribution in [-0.2, 0) is 10.0 Å². The summed E-state index contributed by atoms with van der Waals surface area (Å²) < 4.78 is 27.5. The van der Waals surface area contributed by atoms with Gasteiger partial charge in [0.1, 0.15) is 4.90 Å². The van der Waals surface area contributed by atoms with Crippen molar-refractivity contribution in [3.63, 3.8) is 0 Å². The van der Waals surface area contributed by atoms with Gasteiger partial charge in [-0.1, -0.05) is 23.7 Å². The van der Waals surface area contributed by atoms with Crippen molar-refractivity contribution in [3.05, 3.63) is 72.0 Å². The number of benzene rings is 2. The van der Waals surface area contributed by atoms with Crippen LogP contribution in [0.2, 0.25) is 5.02 Å². The van der Waals surface area contributed by atoms with Crippen LogP contribution in [0.4, 0.5) is 17.3 Å². The fourth-order valence-corrected chi connectivity index (χ4v) is 5.76. The highest BCUT2D eigenvalue weighted by Gasteiger charge is 2.22. The average molecular weight is 483 g/mol. The zero-order valence-corrected chi connectivity index (χ0v) is 19.5. The van der Waals surface area contributed by atoms with Gasteiger partial charge in [-0.2, -0.15) is 4.98 Å². The molecule has 1 aliphatic heterocycles. The maximum absolute atomic E-state index is 13.2. The van der Waals surface area contributed by atoms with Crippen LogP contribution in [0.15, 0.2) is 71.9 Å². The summed E-state index contributed by atoms with van der Waals surface area (Å²) in [5.41, 5.74) is 2.25. The molecule has 33 heavy (non-hydrogen) atoms. The Bertz CT molecular complexity index is 1400. The lowest BCUT2D eigenvalue weighted by atomic mass is 10.2. The van der Waals surface area contributed by atoms with Crippen molar-refractivity contribution in [2.24, 2.45) is 0 Å². The molecule has 2 aromatic heterocycles. The van der Waals surface area contributed by atoms with E-state index in [4.69, 9.17) is 11.6 Å². The zero-order valence-electron chi connectivity index (χ0n) is 17.9. The number of aromatic nitrogens is 3. The van der Waals surface area contributed by atoms with Crippen molar-refractivity contribution in [1.82, 2.24) is 19.3 Å². The monoisotopic (exact) mass is 482 g/mol. The van der Waals surface area contributed by atoms with Crippen molar-refractivity contribution in [1.29, 1.82) is 0 Å². The second-order valence-corrected chi connectivity index (χ2v) is 10.2. The van der Waals surface area contributed by atoms with Crippen molar-refractivity contribution in [3.8, 4) is 0 Å². The van der Waals surface area contributed by atoms with Gasteiger partial charge in [0.15, 0.2) is 5.65 Å². The third-order valence-corrected chi connectivity index (χ3v) is 7.79. The molecule has 0 spiro atoms. The molecule has 1 fully saturated rings. The van der Waals surface area contributed by atoms with E-state index in [1.54, 1.807) is 30.5 Å². The number of fused-ring (bicyclic) bond motifs is 1. The molecule has 2 N–H and O–H groups in total. The predicted molar refractivity (Wildman–Crippen MR) is 131 cm³/mol. The van der Waals surface area contributed by atoms with Crippen molar-refractivity contribution in [2.45, 2.75) is 17.9 Å². The van der Waals surface area contributed by atoms with E-state index in [1.165, 1.54) is 12.3 Å². The summed E-state index contributed by atoms with van der Waals surface area (Å²) in [6.45, 7) is 5.07. The van der Waals surface area contributed by atoms with Crippen LogP contribution in [0.25, 0.3) is 11.0 Å². The second-order valence-electron chi connectivity index (χ2n) is 7.99. The van der Waals surface area contributed by atoms with Crippen LogP contribution in [-0.4, -0.2) is 48.0 Å². The standard InChI is InChI=1S/C23H23ClN6O2S/c1-16-15-29(13-11-25-16)19-8-6-18(7-9-19)27-23-26-14-17-10-12-30(22(17)28-23)33(31,32)21-5-3-2-4-20(21)24/h2-10,12,14,16,25H,11,13,15H2,1H3,(H,26,27,28)/t16-/m0/s1. The Morgan fingerprint density at radius 3 is 2.67 bits per heavy atom. The summed E-state index contributed by atoms with van der Waals surface area (Å²) >= 11 is 6.15. The topological polar surface area (TPSA) is 92.2 Å². The summed E-state index contributed by atoms with van der Waals surface area (Å²) in [5.74, 6) is 0.306. The summed E-state index contributed by atoms with van der Waals surface area (Å²) in [6, 6.07) is 16.5. The minimum absolute atomic E-state index is 0.0232. The van der Waals surface area contributed by atoms with Gasteiger partial charge < -0.3 is 15.5 Å². The Hall–Kier alpha value is -3.14. The number of anilines is 3. The molecule has 170 valence electrons. The molecule has 0 aliphatic carbocycles. The Labute approximate surface area is 197 Å². The Morgan fingerprint density at radius 1 is 1.12 bits per heavy atom. The number of piperazine rings is 1. The first-order valence-corrected chi connectivity index (χ1v) is 12.4. The summed E-state index contributed by atoms with van der Waals surface area (Å²) in [4.78, 5) is 11.2. The molecule has 0 radical (unpaired) electrons. The molecule has 0 bridgehead atoms. The minimum Gasteiger partial charge on any atom is -0.369 e. The van der Waals surface area contributed by atoms with Gasteiger partial charge in [0.2, 0.25) is 5.95 Å². The SMILES string of the molecule is C[C@H]1CN(c2ccc(Nc3ncc4ccn(S(=O)(=O)c5ccccc5Cl)c4n3)cc2)CCN1. The number of hydrogen-bond donors (Lipinski definition) is 2. The molecule has 0 saturated carbocycles. The maximum Gasteiger partial charge on any atom is 0.270 e. The average Bonchev–Trinajstić information content (AvgIpc) is 3.24. The van der Waals surface area contributed by atoms with E-state index in [9.17, 15) is 8.42 Å². The summed E-state index contributed by atoms with van der Waals surface area (Å²) in [7, 11) is -3.91. The van der Waals surface area contributed by atoms with Crippen LogP contribution < -0.4 is 15.5 Å². The van der Waals surface area contributed by atoms with Gasteiger partial charge in [0.05, 0.1) is 5.02 Å². The predicted octanol–water partition coefficient (Wildman–Crippen LogP) is 3.86. The first-order chi connectivity index (χ1) is 15.9. The number of halogens is 1. The molecule has 2 aromatic carbocycles. The van der Waals surface area contributed by atoms with Gasteiger partial charge >= 0.3 is 0 Å². The molecule has 10 heteroatoms. The molecule has 0 amide bonds. The van der Waals surface area contributed by atoms with Crippen LogP contribution in [0.1, 0.15) is 6.92 Å². The maximum atomic E-state index is 13.2. The highest BCUT2D eigenvalue weighted by molar-refractivity contribution is 7.90. The number of nitrogens with one attached hydrogen (secondary N) is 2. The lowest BCUT2D eigenvalue weighted by molar-refractivity contribution is 0.485. The Kier molecular flexibility index (Phi) is 5.69. The van der Waals surface area contributed by atoms with Crippen LogP contribution in [0.3, 0.4) is 0 Å². The molecule has 8 nitrogen and oxygen atoms in total. The van der Waals surface area contributed by atoms with Gasteiger partial charge in [-0.05, 0) is 49.4 Å². The van der Waals surface area contributed by atoms with E-state index in [2.05, 4.69) is 44.6 Å². The van der Waals surface area contributed by atoms with Gasteiger partial charge in [0.25, 0.3) is 10.0 Å². The van der Waals surface area contributed by atoms with E-state index < -0.39 is 10.0 Å². The first kappa shape index (κ1) is 21.7. The highest BCUT2D eigenvalue weighted by Crippen LogP contribution is 2.27. The quantitative estimate of drug-likeness (QED) is 0.446. The smallest absolute Gasteiger partial charge is 0.270 e. The summed E-state index contributed by atoms with van der Waals surface area (Å²) in [5, 5.41) is 7.38. The normalized spacial score (nSPS) is 16.8. The van der Waals surface area contributed by atoms with Crippen LogP contribution >= 0.6 is 11.6 Å². The second kappa shape index (κ2) is 8.66. The summed E-state index contributed by atoms with van der Waals surface area (Å²) in [6.07, 6.45) is 3.06. The zero-order chi connectivity index (χ0) is 23.0. The van der Waals surface area contributed by atoms with Crippen LogP contribution in [0.5, 0.6) is 0 Å². The minimum atomic E-state index is -3.91. The molecule has 1 atom stereocenters. The number of nitrogens with zero attached hydrogens (tertiary/aromatic N) is 4. The Morgan fingerprint density at radius 2 is 1.91 bits per heavy atom. The first-order valence-electron chi connectivity index (χ1n) is 10.6. The molecule has 3 heterocycles. The number of rotatable bonds is 5. The van der Waals surface area contributed by atoms with Gasteiger partial charge in [-0.3, -0.25) is 0 Å². The van der Waals surface area contributed by atoms with Gasteiger partial charge in [-0.15, -0.1) is 0 Å². The van der Waals surface area contributed by atoms with E-state index in [0.29, 0.717) is 17.4 Å².